The van der Waals surface area contributed by atoms with E-state index in [1.807, 2.05) is 24.3 Å². The van der Waals surface area contributed by atoms with E-state index >= 15 is 0 Å². The highest BCUT2D eigenvalue weighted by Crippen LogP contribution is 2.28. The van der Waals surface area contributed by atoms with Crippen molar-refractivity contribution in [2.75, 3.05) is 22.1 Å². The third-order valence-corrected chi connectivity index (χ3v) is 5.24. The molecule has 0 spiro atoms. The lowest BCUT2D eigenvalue weighted by Gasteiger charge is -2.31. The molecule has 5 heteroatoms. The summed E-state index contributed by atoms with van der Waals surface area (Å²) in [4.78, 5) is 26.2. The molecule has 0 radical (unpaired) electrons. The summed E-state index contributed by atoms with van der Waals surface area (Å²) in [5, 5.41) is 5.60. The summed E-state index contributed by atoms with van der Waals surface area (Å²) in [7, 11) is 0. The average Bonchev–Trinajstić information content (AvgIpc) is 2.74. The number of anilines is 3. The van der Waals surface area contributed by atoms with E-state index in [4.69, 9.17) is 0 Å². The van der Waals surface area contributed by atoms with Crippen molar-refractivity contribution in [3.05, 3.63) is 89.5 Å². The first kappa shape index (κ1) is 19.7. The number of hydrogen-bond donors (Lipinski definition) is 2. The number of carbonyl (C=O) groups excluding carboxylic acids is 2. The molecule has 1 aliphatic rings. The topological polar surface area (TPSA) is 61.4 Å². The lowest BCUT2D eigenvalue weighted by Crippen LogP contribution is -2.28. The normalized spacial score (nSPS) is 12.8. The van der Waals surface area contributed by atoms with Gasteiger partial charge in [-0.1, -0.05) is 36.4 Å². The molecule has 5 nitrogen and oxygen atoms in total. The molecule has 2 amide bonds. The summed E-state index contributed by atoms with van der Waals surface area (Å²) in [6.07, 6.45) is 2.30. The van der Waals surface area contributed by atoms with Crippen LogP contribution in [0.5, 0.6) is 0 Å². The molecule has 2 N–H and O–H groups in total. The van der Waals surface area contributed by atoms with Crippen LogP contribution in [0.25, 0.3) is 0 Å². The van der Waals surface area contributed by atoms with Gasteiger partial charge in [-0.3, -0.25) is 9.59 Å². The molecule has 0 saturated heterocycles. The molecule has 0 unspecified atom stereocenters. The van der Waals surface area contributed by atoms with Gasteiger partial charge in [0.1, 0.15) is 0 Å². The minimum absolute atomic E-state index is 0.148. The van der Waals surface area contributed by atoms with Gasteiger partial charge in [-0.15, -0.1) is 0 Å². The van der Waals surface area contributed by atoms with Crippen molar-refractivity contribution in [3.8, 4) is 0 Å². The second-order valence-corrected chi connectivity index (χ2v) is 7.57. The smallest absolute Gasteiger partial charge is 0.255 e. The van der Waals surface area contributed by atoms with Gasteiger partial charge in [0.05, 0.1) is 0 Å². The maximum absolute atomic E-state index is 12.6. The van der Waals surface area contributed by atoms with Gasteiger partial charge >= 0.3 is 0 Å². The summed E-state index contributed by atoms with van der Waals surface area (Å²) in [5.74, 6) is -0.324. The van der Waals surface area contributed by atoms with E-state index < -0.39 is 0 Å². The van der Waals surface area contributed by atoms with Crippen LogP contribution >= 0.6 is 0 Å². The highest BCUT2D eigenvalue weighted by Gasteiger charge is 2.16. The van der Waals surface area contributed by atoms with Crippen molar-refractivity contribution in [1.82, 2.24) is 0 Å². The van der Waals surface area contributed by atoms with E-state index in [0.29, 0.717) is 16.9 Å². The Hall–Kier alpha value is -3.60. The summed E-state index contributed by atoms with van der Waals surface area (Å²) >= 11 is 0. The molecule has 4 rings (SSSR count). The van der Waals surface area contributed by atoms with Gasteiger partial charge in [0.25, 0.3) is 5.91 Å². The molecule has 1 heterocycles. The number of fused-ring (bicyclic) bond motifs is 1. The van der Waals surface area contributed by atoms with E-state index in [1.165, 1.54) is 23.7 Å². The van der Waals surface area contributed by atoms with Gasteiger partial charge in [-0.2, -0.15) is 0 Å². The molecular weight excluding hydrogens is 374 g/mol. The second-order valence-electron chi connectivity index (χ2n) is 7.57. The molecule has 0 aliphatic carbocycles. The summed E-state index contributed by atoms with van der Waals surface area (Å²) in [6.45, 7) is 3.33. The third-order valence-electron chi connectivity index (χ3n) is 5.24. The van der Waals surface area contributed by atoms with Crippen LogP contribution in [0.15, 0.2) is 72.8 Å². The second kappa shape index (κ2) is 8.82. The first-order valence-electron chi connectivity index (χ1n) is 10.2. The molecule has 0 atom stereocenters. The highest BCUT2D eigenvalue weighted by atomic mass is 16.2. The zero-order valence-corrected chi connectivity index (χ0v) is 17.0. The molecule has 0 aromatic heterocycles. The molecule has 152 valence electrons. The number of amides is 2. The van der Waals surface area contributed by atoms with Crippen LogP contribution in [-0.4, -0.2) is 18.4 Å². The van der Waals surface area contributed by atoms with Crippen molar-refractivity contribution in [3.63, 3.8) is 0 Å². The summed E-state index contributed by atoms with van der Waals surface area (Å²) in [6, 6.07) is 23.4. The SMILES string of the molecule is CC(=O)Nc1cccc(NC(=O)c2ccc(CN3CCCc4ccccc43)cc2)c1. The highest BCUT2D eigenvalue weighted by molar-refractivity contribution is 6.04. The molecule has 30 heavy (non-hydrogen) atoms. The molecule has 1 aliphatic heterocycles. The molecule has 0 saturated carbocycles. The van der Waals surface area contributed by atoms with E-state index in [0.717, 1.165) is 25.9 Å². The molecular formula is C25H25N3O2. The van der Waals surface area contributed by atoms with Gasteiger partial charge in [0.15, 0.2) is 0 Å². The Morgan fingerprint density at radius 3 is 2.40 bits per heavy atom. The number of hydrogen-bond acceptors (Lipinski definition) is 3. The maximum Gasteiger partial charge on any atom is 0.255 e. The van der Waals surface area contributed by atoms with Gasteiger partial charge in [-0.25, -0.2) is 0 Å². The minimum Gasteiger partial charge on any atom is -0.367 e. The fourth-order valence-corrected chi connectivity index (χ4v) is 3.84. The third kappa shape index (κ3) is 4.69. The number of nitrogens with zero attached hydrogens (tertiary/aromatic N) is 1. The van der Waals surface area contributed by atoms with E-state index in [9.17, 15) is 9.59 Å². The monoisotopic (exact) mass is 399 g/mol. The fourth-order valence-electron chi connectivity index (χ4n) is 3.84. The van der Waals surface area contributed by atoms with Gasteiger partial charge < -0.3 is 15.5 Å². The zero-order valence-electron chi connectivity index (χ0n) is 17.0. The standard InChI is InChI=1S/C25H25N3O2/c1-18(29)26-22-8-4-9-23(16-22)27-25(30)21-13-11-19(12-14-21)17-28-15-5-7-20-6-2-3-10-24(20)28/h2-4,6,8-14,16H,5,7,15,17H2,1H3,(H,26,29)(H,27,30). The Labute approximate surface area is 176 Å². The first-order valence-corrected chi connectivity index (χ1v) is 10.2. The number of aryl methyl sites for hydroxylation is 1. The lowest BCUT2D eigenvalue weighted by atomic mass is 10.0. The van der Waals surface area contributed by atoms with Crippen LogP contribution < -0.4 is 15.5 Å². The summed E-state index contributed by atoms with van der Waals surface area (Å²) < 4.78 is 0. The van der Waals surface area contributed by atoms with Crippen molar-refractivity contribution >= 4 is 28.9 Å². The summed E-state index contributed by atoms with van der Waals surface area (Å²) in [5.41, 5.74) is 5.78. The quantitative estimate of drug-likeness (QED) is 0.645. The van der Waals surface area contributed by atoms with Crippen molar-refractivity contribution in [1.29, 1.82) is 0 Å². The van der Waals surface area contributed by atoms with Crippen LogP contribution in [0.1, 0.15) is 34.8 Å². The lowest BCUT2D eigenvalue weighted by molar-refractivity contribution is -0.114. The number of nitrogens with one attached hydrogen (secondary N) is 2. The Morgan fingerprint density at radius 2 is 1.63 bits per heavy atom. The van der Waals surface area contributed by atoms with Gasteiger partial charge in [0, 0.05) is 42.6 Å². The molecule has 0 fully saturated rings. The number of rotatable bonds is 5. The van der Waals surface area contributed by atoms with Crippen molar-refractivity contribution < 1.29 is 9.59 Å². The average molecular weight is 399 g/mol. The molecule has 3 aromatic rings. The van der Waals surface area contributed by atoms with E-state index in [-0.39, 0.29) is 11.8 Å². The van der Waals surface area contributed by atoms with Crippen LogP contribution in [0.3, 0.4) is 0 Å². The number of benzene rings is 3. The van der Waals surface area contributed by atoms with Gasteiger partial charge in [0.2, 0.25) is 5.91 Å². The van der Waals surface area contributed by atoms with E-state index in [1.54, 1.807) is 24.3 Å². The predicted octanol–water partition coefficient (Wildman–Crippen LogP) is 4.85. The Balaban J connectivity index is 1.41. The van der Waals surface area contributed by atoms with Crippen LogP contribution in [0.4, 0.5) is 17.1 Å². The largest absolute Gasteiger partial charge is 0.367 e. The Kier molecular flexibility index (Phi) is 5.80. The molecule has 0 bridgehead atoms. The van der Waals surface area contributed by atoms with Gasteiger partial charge in [-0.05, 0) is 60.4 Å². The maximum atomic E-state index is 12.6. The Morgan fingerprint density at radius 1 is 0.900 bits per heavy atom. The predicted molar refractivity (Wildman–Crippen MR) is 121 cm³/mol. The van der Waals surface area contributed by atoms with Crippen molar-refractivity contribution in [2.24, 2.45) is 0 Å². The zero-order chi connectivity index (χ0) is 20.9. The van der Waals surface area contributed by atoms with Crippen LogP contribution in [0, 0.1) is 0 Å². The van der Waals surface area contributed by atoms with Crippen LogP contribution in [-0.2, 0) is 17.8 Å². The Bertz CT molecular complexity index is 1060. The van der Waals surface area contributed by atoms with Crippen molar-refractivity contribution in [2.45, 2.75) is 26.3 Å². The minimum atomic E-state index is -0.176. The first-order chi connectivity index (χ1) is 14.6. The number of carbonyl (C=O) groups is 2. The number of para-hydroxylation sites is 1. The van der Waals surface area contributed by atoms with Crippen LogP contribution in [0.2, 0.25) is 0 Å². The fraction of sp³-hybridized carbons (Fsp3) is 0.200. The van der Waals surface area contributed by atoms with E-state index in [2.05, 4.69) is 39.8 Å². The molecule has 3 aromatic carbocycles.